The summed E-state index contributed by atoms with van der Waals surface area (Å²) in [5.41, 5.74) is 12.3. The summed E-state index contributed by atoms with van der Waals surface area (Å²) in [6.45, 7) is 0. The van der Waals surface area contributed by atoms with Gasteiger partial charge in [0.05, 0.1) is 45.0 Å². The molecule has 0 saturated heterocycles. The van der Waals surface area contributed by atoms with Crippen molar-refractivity contribution in [3.05, 3.63) is 263 Å². The van der Waals surface area contributed by atoms with Gasteiger partial charge in [0.2, 0.25) is 0 Å². The zero-order valence-corrected chi connectivity index (χ0v) is 46.0. The molecule has 0 unspecified atom stereocenters. The van der Waals surface area contributed by atoms with E-state index in [1.165, 1.54) is 48.5 Å². The first-order chi connectivity index (χ1) is 42.8. The van der Waals surface area contributed by atoms with Crippen LogP contribution in [0.4, 0.5) is 0 Å². The summed E-state index contributed by atoms with van der Waals surface area (Å²) in [4.78, 5) is 64.7. The number of aromatic carboxylic acids is 4. The Hall–Kier alpha value is -12.6. The summed E-state index contributed by atoms with van der Waals surface area (Å²) in [7, 11) is 0. The molecule has 13 rings (SSSR count). The molecule has 0 aliphatic carbocycles. The maximum atomic E-state index is 11.6. The third-order valence-corrected chi connectivity index (χ3v) is 14.7. The normalized spacial score (nSPS) is 11.5. The van der Waals surface area contributed by atoms with E-state index >= 15 is 0 Å². The average Bonchev–Trinajstić information content (AvgIpc) is 2.24. The number of fused-ring (bicyclic) bond motifs is 8. The predicted octanol–water partition coefficient (Wildman–Crippen LogP) is 17.3. The van der Waals surface area contributed by atoms with Gasteiger partial charge in [-0.15, -0.1) is 0 Å². The predicted molar refractivity (Wildman–Crippen MR) is 335 cm³/mol. The van der Waals surface area contributed by atoms with Crippen molar-refractivity contribution in [1.29, 1.82) is 0 Å². The van der Waals surface area contributed by atoms with Crippen LogP contribution in [0.3, 0.4) is 0 Å². The Morgan fingerprint density at radius 3 is 0.591 bits per heavy atom. The molecule has 0 atom stereocenters. The van der Waals surface area contributed by atoms with Gasteiger partial charge in [-0.25, -0.2) is 29.1 Å². The number of carboxylic acid groups (broad SMARTS) is 4. The van der Waals surface area contributed by atoms with Crippen LogP contribution in [-0.4, -0.2) is 64.2 Å². The SMILES string of the molecule is O=C(O)c1ccc(Oc2ccc(-c3c4nc(c(-c5ccc(Oc6ccc(C(=O)O)cc6)cc5)c5ccc([nH]5)c(-c5ccc(Oc6ccc(C(=O)O)cc6)cc5)c5nc(c(-c6ccc(Oc7ccc(C(=O)O)cc7)cc6)c6ccc3[nH]6)C=C5)C=C4)cc2)cc1. The van der Waals surface area contributed by atoms with Crippen molar-refractivity contribution < 1.29 is 58.6 Å². The first-order valence-electron chi connectivity index (χ1n) is 27.5. The van der Waals surface area contributed by atoms with Crippen molar-refractivity contribution in [3.63, 3.8) is 0 Å². The Kier molecular flexibility index (Phi) is 14.4. The lowest BCUT2D eigenvalue weighted by molar-refractivity contribution is 0.0686. The van der Waals surface area contributed by atoms with Crippen molar-refractivity contribution in [2.75, 3.05) is 0 Å². The van der Waals surface area contributed by atoms with E-state index in [0.717, 1.165) is 66.6 Å². The lowest BCUT2D eigenvalue weighted by atomic mass is 10.0. The molecule has 6 N–H and O–H groups in total. The van der Waals surface area contributed by atoms with Crippen molar-refractivity contribution in [2.45, 2.75) is 0 Å². The second kappa shape index (κ2) is 23.2. The number of carbonyl (C=O) groups is 4. The highest BCUT2D eigenvalue weighted by Gasteiger charge is 2.21. The van der Waals surface area contributed by atoms with Crippen LogP contribution in [-0.2, 0) is 0 Å². The number of nitrogens with one attached hydrogen (secondary N) is 2. The fourth-order valence-corrected chi connectivity index (χ4v) is 10.4. The molecular formula is C72H46N4O12. The highest BCUT2D eigenvalue weighted by atomic mass is 16.5. The monoisotopic (exact) mass is 1160 g/mol. The molecular weight excluding hydrogens is 1110 g/mol. The maximum absolute atomic E-state index is 11.6. The molecule has 0 fully saturated rings. The standard InChI is InChI=1S/C72H46N4O12/c77-69(78)45-9-25-53(26-10-45)85-49-17-1-41(2-18-49)65-57-33-35-59(73-57)66(42-3-19-50(20-4-42)86-54-27-11-46(12-28-54)70(79)80)61-37-39-63(75-61)68(44-7-23-52(24-8-44)88-56-31-15-48(16-32-56)72(83)84)64-40-38-62(76-64)67(60-36-34-58(65)74-60)43-5-21-51(22-6-43)87-55-29-13-47(14-30-55)71(81)82/h1-40,73,76H,(H,77,78)(H,79,80)(H,81,82)(H,83,84). The minimum absolute atomic E-state index is 0.141. The Morgan fingerprint density at radius 1 is 0.250 bits per heavy atom. The van der Waals surface area contributed by atoms with Gasteiger partial charge in [-0.1, -0.05) is 48.5 Å². The van der Waals surface area contributed by atoms with Gasteiger partial charge in [0, 0.05) is 44.3 Å². The first-order valence-corrected chi connectivity index (χ1v) is 27.5. The molecule has 5 heterocycles. The van der Waals surface area contributed by atoms with Crippen molar-refractivity contribution in [3.8, 4) is 90.5 Å². The maximum Gasteiger partial charge on any atom is 0.335 e. The van der Waals surface area contributed by atoms with Gasteiger partial charge in [-0.3, -0.25) is 0 Å². The summed E-state index contributed by atoms with van der Waals surface area (Å²) in [5, 5.41) is 37.9. The molecule has 0 radical (unpaired) electrons. The van der Waals surface area contributed by atoms with E-state index in [0.29, 0.717) is 68.8 Å². The number of benzene rings is 8. The molecule has 0 amide bonds. The number of ether oxygens (including phenoxy) is 4. The molecule has 8 bridgehead atoms. The number of hydrogen-bond acceptors (Lipinski definition) is 10. The molecule has 426 valence electrons. The molecule has 3 aromatic heterocycles. The molecule has 0 saturated carbocycles. The van der Waals surface area contributed by atoms with E-state index in [-0.39, 0.29) is 22.3 Å². The van der Waals surface area contributed by atoms with Gasteiger partial charge < -0.3 is 49.3 Å². The van der Waals surface area contributed by atoms with Crippen LogP contribution in [0.25, 0.3) is 90.9 Å². The van der Waals surface area contributed by atoms with E-state index in [2.05, 4.69) is 9.97 Å². The van der Waals surface area contributed by atoms with E-state index in [1.54, 1.807) is 48.5 Å². The second-order valence-electron chi connectivity index (χ2n) is 20.3. The summed E-state index contributed by atoms with van der Waals surface area (Å²) in [6.07, 6.45) is 7.91. The van der Waals surface area contributed by atoms with Gasteiger partial charge in [-0.05, 0) is 216 Å². The number of aromatic amines is 2. The largest absolute Gasteiger partial charge is 0.478 e. The quantitative estimate of drug-likeness (QED) is 0.0527. The molecule has 16 heteroatoms. The third-order valence-electron chi connectivity index (χ3n) is 14.7. The number of carboxylic acids is 4. The van der Waals surface area contributed by atoms with E-state index in [4.69, 9.17) is 28.9 Å². The topological polar surface area (TPSA) is 243 Å². The zero-order chi connectivity index (χ0) is 60.4. The Morgan fingerprint density at radius 2 is 0.420 bits per heavy atom. The lowest BCUT2D eigenvalue weighted by Crippen LogP contribution is -1.95. The van der Waals surface area contributed by atoms with E-state index in [9.17, 15) is 39.6 Å². The molecule has 0 spiro atoms. The summed E-state index contributed by atoms with van der Waals surface area (Å²) < 4.78 is 24.7. The smallest absolute Gasteiger partial charge is 0.335 e. The molecule has 2 aliphatic rings. The molecule has 11 aromatic rings. The van der Waals surface area contributed by atoms with Gasteiger partial charge >= 0.3 is 23.9 Å². The highest BCUT2D eigenvalue weighted by molar-refractivity contribution is 6.00. The van der Waals surface area contributed by atoms with E-state index < -0.39 is 23.9 Å². The molecule has 2 aliphatic heterocycles. The minimum Gasteiger partial charge on any atom is -0.478 e. The van der Waals surface area contributed by atoms with Crippen LogP contribution < -0.4 is 18.9 Å². The average molecular weight is 1160 g/mol. The van der Waals surface area contributed by atoms with Crippen LogP contribution in [0.1, 0.15) is 64.2 Å². The third kappa shape index (κ3) is 11.5. The number of hydrogen-bond donors (Lipinski definition) is 6. The van der Waals surface area contributed by atoms with Crippen LogP contribution >= 0.6 is 0 Å². The van der Waals surface area contributed by atoms with Crippen molar-refractivity contribution in [1.82, 2.24) is 19.9 Å². The molecule has 8 aromatic carbocycles. The van der Waals surface area contributed by atoms with Gasteiger partial charge in [0.1, 0.15) is 46.0 Å². The van der Waals surface area contributed by atoms with E-state index in [1.807, 2.05) is 146 Å². The van der Waals surface area contributed by atoms with Gasteiger partial charge in [0.25, 0.3) is 0 Å². The Bertz CT molecular complexity index is 4180. The summed E-state index contributed by atoms with van der Waals surface area (Å²) in [5.74, 6) is -0.192. The first kappa shape index (κ1) is 54.7. The highest BCUT2D eigenvalue weighted by Crippen LogP contribution is 2.41. The Labute approximate surface area is 500 Å². The van der Waals surface area contributed by atoms with Crippen LogP contribution in [0.5, 0.6) is 46.0 Å². The fraction of sp³-hybridized carbons (Fsp3) is 0. The fourth-order valence-electron chi connectivity index (χ4n) is 10.4. The number of nitrogens with zero attached hydrogens (tertiary/aromatic N) is 2. The summed E-state index contributed by atoms with van der Waals surface area (Å²) >= 11 is 0. The number of H-pyrrole nitrogens is 2. The zero-order valence-electron chi connectivity index (χ0n) is 46.0. The van der Waals surface area contributed by atoms with Gasteiger partial charge in [0.15, 0.2) is 0 Å². The lowest BCUT2D eigenvalue weighted by Gasteiger charge is -2.10. The van der Waals surface area contributed by atoms with Crippen LogP contribution in [0, 0.1) is 0 Å². The van der Waals surface area contributed by atoms with Crippen LogP contribution in [0.2, 0.25) is 0 Å². The van der Waals surface area contributed by atoms with Crippen molar-refractivity contribution in [2.24, 2.45) is 0 Å². The second-order valence-corrected chi connectivity index (χ2v) is 20.3. The minimum atomic E-state index is -1.04. The van der Waals surface area contributed by atoms with Gasteiger partial charge in [-0.2, -0.15) is 0 Å². The Balaban J connectivity index is 0.997. The van der Waals surface area contributed by atoms with Crippen molar-refractivity contribution >= 4 is 70.2 Å². The molecule has 16 nitrogen and oxygen atoms in total. The number of aromatic nitrogens is 4. The number of rotatable bonds is 16. The molecule has 88 heavy (non-hydrogen) atoms. The van der Waals surface area contributed by atoms with Crippen LogP contribution in [0.15, 0.2) is 218 Å². The summed E-state index contributed by atoms with van der Waals surface area (Å²) in [6, 6.07) is 63.0.